The summed E-state index contributed by atoms with van der Waals surface area (Å²) in [7, 11) is 0. The van der Waals surface area contributed by atoms with E-state index < -0.39 is 0 Å². The maximum absolute atomic E-state index is 10.9. The van der Waals surface area contributed by atoms with Gasteiger partial charge in [0.05, 0.1) is 32.1 Å². The maximum Gasteiger partial charge on any atom is 0.308 e. The molecule has 1 atom stereocenters. The maximum atomic E-state index is 10.9. The highest BCUT2D eigenvalue weighted by atomic mass is 127. The van der Waals surface area contributed by atoms with Crippen LogP contribution in [0.2, 0.25) is 0 Å². The SMILES string of the molecule is CCOC(=O)CCOCC(I)C(I)I. The molecule has 0 spiro atoms. The first-order valence-corrected chi connectivity index (χ1v) is 7.97. The highest BCUT2D eigenvalue weighted by Crippen LogP contribution is 2.21. The fourth-order valence-corrected chi connectivity index (χ4v) is 1.33. The Morgan fingerprint density at radius 3 is 2.50 bits per heavy atom. The molecule has 0 bridgehead atoms. The molecule has 14 heavy (non-hydrogen) atoms. The van der Waals surface area contributed by atoms with Gasteiger partial charge in [-0.25, -0.2) is 0 Å². The van der Waals surface area contributed by atoms with E-state index in [2.05, 4.69) is 67.8 Å². The summed E-state index contributed by atoms with van der Waals surface area (Å²) < 4.78 is 11.2. The van der Waals surface area contributed by atoms with Crippen molar-refractivity contribution in [2.75, 3.05) is 19.8 Å². The zero-order chi connectivity index (χ0) is 11.0. The summed E-state index contributed by atoms with van der Waals surface area (Å²) in [5.74, 6) is -0.182. The minimum atomic E-state index is -0.182. The molecule has 0 aliphatic carbocycles. The fourth-order valence-electron chi connectivity index (χ4n) is 0.657. The largest absolute Gasteiger partial charge is 0.466 e. The molecular formula is C8H13I3O3. The van der Waals surface area contributed by atoms with Crippen molar-refractivity contribution in [2.45, 2.75) is 19.2 Å². The minimum Gasteiger partial charge on any atom is -0.466 e. The van der Waals surface area contributed by atoms with Crippen molar-refractivity contribution >= 4 is 73.7 Å². The number of alkyl halides is 3. The molecule has 84 valence electrons. The predicted octanol–water partition coefficient (Wildman–Crippen LogP) is 2.96. The minimum absolute atomic E-state index is 0.182. The van der Waals surface area contributed by atoms with Crippen LogP contribution in [0.4, 0.5) is 0 Å². The number of esters is 1. The second kappa shape index (κ2) is 9.82. The third-order valence-electron chi connectivity index (χ3n) is 1.31. The number of hydrogen-bond donors (Lipinski definition) is 0. The molecule has 0 N–H and O–H groups in total. The zero-order valence-corrected chi connectivity index (χ0v) is 14.3. The highest BCUT2D eigenvalue weighted by Gasteiger charge is 2.12. The van der Waals surface area contributed by atoms with Crippen molar-refractivity contribution in [3.05, 3.63) is 0 Å². The van der Waals surface area contributed by atoms with Crippen LogP contribution in [0.5, 0.6) is 0 Å². The molecule has 0 aliphatic heterocycles. The summed E-state index contributed by atoms with van der Waals surface area (Å²) >= 11 is 7.06. The lowest BCUT2D eigenvalue weighted by Gasteiger charge is -2.11. The van der Waals surface area contributed by atoms with Gasteiger partial charge in [-0.05, 0) is 6.92 Å². The molecular weight excluding hydrogens is 525 g/mol. The van der Waals surface area contributed by atoms with Crippen LogP contribution in [0.25, 0.3) is 0 Å². The predicted molar refractivity (Wildman–Crippen MR) is 81.7 cm³/mol. The Morgan fingerprint density at radius 1 is 1.36 bits per heavy atom. The molecule has 0 aromatic rings. The number of halogens is 3. The molecule has 0 aliphatic rings. The van der Waals surface area contributed by atoms with Crippen molar-refractivity contribution in [2.24, 2.45) is 0 Å². The van der Waals surface area contributed by atoms with Gasteiger partial charge in [0.1, 0.15) is 0 Å². The number of hydrogen-bond acceptors (Lipinski definition) is 3. The molecule has 6 heteroatoms. The number of ether oxygens (including phenoxy) is 2. The Bertz CT molecular complexity index is 164. The molecule has 0 saturated carbocycles. The molecule has 1 unspecified atom stereocenters. The van der Waals surface area contributed by atoms with Crippen molar-refractivity contribution in [3.63, 3.8) is 0 Å². The number of carbonyl (C=O) groups excluding carboxylic acids is 1. The van der Waals surface area contributed by atoms with Gasteiger partial charge in [-0.3, -0.25) is 4.79 Å². The van der Waals surface area contributed by atoms with Crippen LogP contribution in [0.3, 0.4) is 0 Å². The Kier molecular flexibility index (Phi) is 11.0. The lowest BCUT2D eigenvalue weighted by Crippen LogP contribution is -2.16. The van der Waals surface area contributed by atoms with E-state index in [-0.39, 0.29) is 5.97 Å². The van der Waals surface area contributed by atoms with Gasteiger partial charge >= 0.3 is 5.97 Å². The summed E-state index contributed by atoms with van der Waals surface area (Å²) in [6.07, 6.45) is 0.352. The van der Waals surface area contributed by atoms with Crippen LogP contribution in [0.15, 0.2) is 0 Å². The Balaban J connectivity index is 3.33. The standard InChI is InChI=1S/C8H13I3O3/c1-2-14-7(12)3-4-13-5-6(9)8(10)11/h6,8H,2-5H2,1H3. The lowest BCUT2D eigenvalue weighted by atomic mass is 10.4. The molecule has 0 rings (SSSR count). The van der Waals surface area contributed by atoms with Crippen LogP contribution in [-0.4, -0.2) is 31.6 Å². The van der Waals surface area contributed by atoms with E-state index in [0.29, 0.717) is 32.1 Å². The van der Waals surface area contributed by atoms with Gasteiger partial charge in [-0.1, -0.05) is 67.8 Å². The Hall–Kier alpha value is 1.62. The normalized spacial score (nSPS) is 12.9. The van der Waals surface area contributed by atoms with Crippen molar-refractivity contribution in [1.82, 2.24) is 0 Å². The van der Waals surface area contributed by atoms with Crippen molar-refractivity contribution in [3.8, 4) is 0 Å². The smallest absolute Gasteiger partial charge is 0.308 e. The van der Waals surface area contributed by atoms with Crippen LogP contribution in [-0.2, 0) is 14.3 Å². The zero-order valence-electron chi connectivity index (χ0n) is 7.84. The third-order valence-corrected chi connectivity index (χ3v) is 6.87. The van der Waals surface area contributed by atoms with E-state index in [4.69, 9.17) is 9.47 Å². The van der Waals surface area contributed by atoms with Gasteiger partial charge in [0.25, 0.3) is 0 Å². The molecule has 0 amide bonds. The van der Waals surface area contributed by atoms with Crippen LogP contribution < -0.4 is 0 Å². The number of rotatable bonds is 7. The van der Waals surface area contributed by atoms with Gasteiger partial charge in [-0.15, -0.1) is 0 Å². The van der Waals surface area contributed by atoms with Crippen molar-refractivity contribution in [1.29, 1.82) is 0 Å². The average molecular weight is 538 g/mol. The summed E-state index contributed by atoms with van der Waals surface area (Å²) in [6, 6.07) is 0. The second-order valence-electron chi connectivity index (χ2n) is 2.48. The molecule has 0 saturated heterocycles. The molecule has 0 heterocycles. The van der Waals surface area contributed by atoms with Gasteiger partial charge in [0, 0.05) is 0 Å². The molecule has 0 aromatic heterocycles. The molecule has 0 fully saturated rings. The summed E-state index contributed by atoms with van der Waals surface area (Å²) in [4.78, 5) is 10.9. The molecule has 0 aromatic carbocycles. The first kappa shape index (κ1) is 15.6. The van der Waals surface area contributed by atoms with Gasteiger partial charge in [0.2, 0.25) is 0 Å². The molecule has 0 radical (unpaired) electrons. The topological polar surface area (TPSA) is 35.5 Å². The third kappa shape index (κ3) is 8.89. The highest BCUT2D eigenvalue weighted by molar-refractivity contribution is 14.2. The quantitative estimate of drug-likeness (QED) is 0.217. The van der Waals surface area contributed by atoms with Gasteiger partial charge in [0.15, 0.2) is 0 Å². The summed E-state index contributed by atoms with van der Waals surface area (Å²) in [5, 5.41) is 0. The van der Waals surface area contributed by atoms with E-state index in [1.807, 2.05) is 0 Å². The van der Waals surface area contributed by atoms with Crippen LogP contribution in [0.1, 0.15) is 13.3 Å². The molecule has 3 nitrogen and oxygen atoms in total. The van der Waals surface area contributed by atoms with Crippen LogP contribution in [0, 0.1) is 0 Å². The van der Waals surface area contributed by atoms with E-state index in [9.17, 15) is 4.79 Å². The second-order valence-corrected chi connectivity index (χ2v) is 9.15. The Morgan fingerprint density at radius 2 is 2.00 bits per heavy atom. The van der Waals surface area contributed by atoms with E-state index in [0.717, 1.165) is 0 Å². The summed E-state index contributed by atoms with van der Waals surface area (Å²) in [5.41, 5.74) is 0. The number of carbonyl (C=O) groups is 1. The lowest BCUT2D eigenvalue weighted by molar-refractivity contribution is -0.144. The fraction of sp³-hybridized carbons (Fsp3) is 0.875. The van der Waals surface area contributed by atoms with Gasteiger partial charge < -0.3 is 9.47 Å². The summed E-state index contributed by atoms with van der Waals surface area (Å²) in [6.45, 7) is 3.39. The Labute approximate surface area is 125 Å². The first-order chi connectivity index (χ1) is 6.57. The van der Waals surface area contributed by atoms with Crippen molar-refractivity contribution < 1.29 is 14.3 Å². The first-order valence-electron chi connectivity index (χ1n) is 4.23. The van der Waals surface area contributed by atoms with Gasteiger partial charge in [-0.2, -0.15) is 0 Å². The van der Waals surface area contributed by atoms with E-state index >= 15 is 0 Å². The van der Waals surface area contributed by atoms with E-state index in [1.165, 1.54) is 0 Å². The monoisotopic (exact) mass is 538 g/mol. The average Bonchev–Trinajstić information content (AvgIpc) is 2.12. The van der Waals surface area contributed by atoms with E-state index in [1.54, 1.807) is 6.92 Å². The van der Waals surface area contributed by atoms with Crippen LogP contribution >= 0.6 is 67.8 Å².